The molecule has 1 aliphatic heterocycles. The lowest BCUT2D eigenvalue weighted by Gasteiger charge is -2.35. The van der Waals surface area contributed by atoms with E-state index in [9.17, 15) is 9.18 Å². The number of amides is 1. The van der Waals surface area contributed by atoms with Gasteiger partial charge in [-0.05, 0) is 37.1 Å². The number of carbonyl (C=O) groups excluding carboxylic acids is 1. The molecule has 0 atom stereocenters. The van der Waals surface area contributed by atoms with Gasteiger partial charge in [0.1, 0.15) is 5.82 Å². The van der Waals surface area contributed by atoms with Crippen LogP contribution < -0.4 is 5.32 Å². The Morgan fingerprint density at radius 2 is 2.04 bits per heavy atom. The lowest BCUT2D eigenvalue weighted by Crippen LogP contribution is -2.43. The summed E-state index contributed by atoms with van der Waals surface area (Å²) >= 11 is 5.76. The van der Waals surface area contributed by atoms with Crippen molar-refractivity contribution in [2.45, 2.75) is 18.5 Å². The number of hydrogen-bond acceptors (Lipinski definition) is 4. The summed E-state index contributed by atoms with van der Waals surface area (Å²) in [6.07, 6.45) is 3.74. The molecule has 0 aliphatic carbocycles. The van der Waals surface area contributed by atoms with Gasteiger partial charge >= 0.3 is 0 Å². The highest BCUT2D eigenvalue weighted by Crippen LogP contribution is 2.35. The monoisotopic (exact) mass is 348 g/mol. The smallest absolute Gasteiger partial charge is 0.239 e. The van der Waals surface area contributed by atoms with Gasteiger partial charge in [-0.15, -0.1) is 0 Å². The van der Waals surface area contributed by atoms with E-state index in [2.05, 4.69) is 15.3 Å². The van der Waals surface area contributed by atoms with Crippen LogP contribution in [0.15, 0.2) is 42.7 Å². The number of nitrogens with zero attached hydrogens (tertiary/aromatic N) is 3. The molecule has 3 rings (SSSR count). The number of carbonyl (C=O) groups is 1. The van der Waals surface area contributed by atoms with E-state index in [1.54, 1.807) is 36.5 Å². The lowest BCUT2D eigenvalue weighted by molar-refractivity contribution is -0.118. The molecule has 1 saturated heterocycles. The number of rotatable bonds is 4. The van der Waals surface area contributed by atoms with Crippen LogP contribution in [0.3, 0.4) is 0 Å². The second kappa shape index (κ2) is 7.23. The minimum atomic E-state index is -1.41. The van der Waals surface area contributed by atoms with Crippen molar-refractivity contribution in [2.24, 2.45) is 0 Å². The largest absolute Gasteiger partial charge is 0.310 e. The Labute approximate surface area is 144 Å². The van der Waals surface area contributed by atoms with Gasteiger partial charge < -0.3 is 5.32 Å². The maximum Gasteiger partial charge on any atom is 0.239 e. The maximum atomic E-state index is 15.0. The molecule has 2 aromatic heterocycles. The summed E-state index contributed by atoms with van der Waals surface area (Å²) in [6, 6.07) is 8.59. The first-order valence-electron chi connectivity index (χ1n) is 7.79. The molecule has 0 radical (unpaired) electrons. The molecule has 2 aromatic rings. The van der Waals surface area contributed by atoms with Gasteiger partial charge in [-0.3, -0.25) is 14.7 Å². The molecule has 0 saturated carbocycles. The van der Waals surface area contributed by atoms with Gasteiger partial charge in [0.2, 0.25) is 5.91 Å². The Balaban J connectivity index is 1.52. The molecular weight excluding hydrogens is 331 g/mol. The summed E-state index contributed by atoms with van der Waals surface area (Å²) in [4.78, 5) is 22.2. The summed E-state index contributed by atoms with van der Waals surface area (Å²) in [5.41, 5.74) is -0.939. The van der Waals surface area contributed by atoms with E-state index in [1.165, 1.54) is 6.20 Å². The fourth-order valence-electron chi connectivity index (χ4n) is 2.78. The number of halogens is 2. The fraction of sp³-hybridized carbons (Fsp3) is 0.353. The Morgan fingerprint density at radius 1 is 1.25 bits per heavy atom. The third kappa shape index (κ3) is 4.07. The van der Waals surface area contributed by atoms with E-state index >= 15 is 0 Å². The molecular formula is C17H18ClFN4O. The van der Waals surface area contributed by atoms with Gasteiger partial charge in [0.25, 0.3) is 0 Å². The van der Waals surface area contributed by atoms with E-state index in [0.29, 0.717) is 42.5 Å². The zero-order valence-corrected chi connectivity index (χ0v) is 13.8. The maximum absolute atomic E-state index is 15.0. The van der Waals surface area contributed by atoms with Gasteiger partial charge in [-0.25, -0.2) is 9.37 Å². The molecule has 5 nitrogen and oxygen atoms in total. The minimum absolute atomic E-state index is 0.172. The lowest BCUT2D eigenvalue weighted by atomic mass is 9.89. The molecule has 7 heteroatoms. The fourth-order valence-corrected chi connectivity index (χ4v) is 2.90. The third-order valence-electron chi connectivity index (χ3n) is 4.13. The van der Waals surface area contributed by atoms with E-state index < -0.39 is 5.67 Å². The van der Waals surface area contributed by atoms with Crippen LogP contribution in [0.25, 0.3) is 0 Å². The highest BCUT2D eigenvalue weighted by Gasteiger charge is 2.37. The number of pyridine rings is 2. The van der Waals surface area contributed by atoms with Crippen LogP contribution in [-0.4, -0.2) is 40.4 Å². The average Bonchev–Trinajstić information content (AvgIpc) is 2.60. The molecule has 1 amide bonds. The predicted octanol–water partition coefficient (Wildman–Crippen LogP) is 3.03. The molecule has 1 fully saturated rings. The zero-order valence-electron chi connectivity index (χ0n) is 13.1. The highest BCUT2D eigenvalue weighted by molar-refractivity contribution is 6.30. The van der Waals surface area contributed by atoms with Gasteiger partial charge in [0.15, 0.2) is 5.67 Å². The minimum Gasteiger partial charge on any atom is -0.310 e. The van der Waals surface area contributed by atoms with Crippen LogP contribution >= 0.6 is 11.6 Å². The van der Waals surface area contributed by atoms with Crippen molar-refractivity contribution >= 4 is 23.3 Å². The van der Waals surface area contributed by atoms with Gasteiger partial charge in [0, 0.05) is 25.5 Å². The number of likely N-dealkylation sites (tertiary alicyclic amines) is 1. The second-order valence-electron chi connectivity index (χ2n) is 5.87. The highest BCUT2D eigenvalue weighted by atomic mass is 35.5. The average molecular weight is 349 g/mol. The summed E-state index contributed by atoms with van der Waals surface area (Å²) in [7, 11) is 0. The number of alkyl halides is 1. The molecule has 0 aromatic carbocycles. The zero-order chi connectivity index (χ0) is 17.0. The van der Waals surface area contributed by atoms with Crippen molar-refractivity contribution in [3.05, 3.63) is 53.4 Å². The van der Waals surface area contributed by atoms with Crippen LogP contribution in [0.4, 0.5) is 10.2 Å². The van der Waals surface area contributed by atoms with Gasteiger partial charge in [0.05, 0.1) is 17.3 Å². The Bertz CT molecular complexity index is 687. The molecule has 126 valence electrons. The number of piperidine rings is 1. The van der Waals surface area contributed by atoms with Gasteiger partial charge in [-0.2, -0.15) is 0 Å². The van der Waals surface area contributed by atoms with Crippen LogP contribution in [0, 0.1) is 0 Å². The van der Waals surface area contributed by atoms with E-state index in [1.807, 2.05) is 4.90 Å². The first-order valence-corrected chi connectivity index (χ1v) is 8.17. The number of nitrogens with one attached hydrogen (secondary N) is 1. The van der Waals surface area contributed by atoms with Crippen LogP contribution in [0.1, 0.15) is 18.5 Å². The summed E-state index contributed by atoms with van der Waals surface area (Å²) in [6.45, 7) is 1.23. The summed E-state index contributed by atoms with van der Waals surface area (Å²) < 4.78 is 15.0. The topological polar surface area (TPSA) is 58.1 Å². The standard InChI is InChI=1S/C17H18ClFN4O/c18-13-4-5-15(21-11-13)22-16(24)12-23-9-6-17(19,7-10-23)14-3-1-2-8-20-14/h1-5,8,11H,6-7,9-10,12H2,(H,21,22,24). The van der Waals surface area contributed by atoms with Crippen LogP contribution in [0.2, 0.25) is 5.02 Å². The first-order chi connectivity index (χ1) is 11.5. The molecule has 0 bridgehead atoms. The van der Waals surface area contributed by atoms with E-state index in [-0.39, 0.29) is 12.5 Å². The van der Waals surface area contributed by atoms with E-state index in [0.717, 1.165) is 0 Å². The van der Waals surface area contributed by atoms with Gasteiger partial charge in [-0.1, -0.05) is 17.7 Å². The van der Waals surface area contributed by atoms with E-state index in [4.69, 9.17) is 11.6 Å². The number of aromatic nitrogens is 2. The number of hydrogen-bond donors (Lipinski definition) is 1. The van der Waals surface area contributed by atoms with Crippen molar-refractivity contribution in [1.29, 1.82) is 0 Å². The van der Waals surface area contributed by atoms with Crippen molar-refractivity contribution < 1.29 is 9.18 Å². The molecule has 1 aliphatic rings. The predicted molar refractivity (Wildman–Crippen MR) is 90.6 cm³/mol. The normalized spacial score (nSPS) is 17.4. The quantitative estimate of drug-likeness (QED) is 0.922. The Hall–Kier alpha value is -2.05. The van der Waals surface area contributed by atoms with Crippen molar-refractivity contribution in [3.63, 3.8) is 0 Å². The molecule has 24 heavy (non-hydrogen) atoms. The molecule has 3 heterocycles. The van der Waals surface area contributed by atoms with Crippen molar-refractivity contribution in [1.82, 2.24) is 14.9 Å². The molecule has 0 spiro atoms. The Kier molecular flexibility index (Phi) is 5.06. The van der Waals surface area contributed by atoms with Crippen molar-refractivity contribution in [3.8, 4) is 0 Å². The third-order valence-corrected chi connectivity index (χ3v) is 4.36. The second-order valence-corrected chi connectivity index (χ2v) is 6.30. The summed E-state index contributed by atoms with van der Waals surface area (Å²) in [5.74, 6) is 0.281. The Morgan fingerprint density at radius 3 is 2.67 bits per heavy atom. The van der Waals surface area contributed by atoms with Crippen LogP contribution in [-0.2, 0) is 10.5 Å². The first kappa shape index (κ1) is 16.8. The molecule has 1 N–H and O–H groups in total. The number of anilines is 1. The van der Waals surface area contributed by atoms with Crippen LogP contribution in [0.5, 0.6) is 0 Å². The summed E-state index contributed by atoms with van der Waals surface area (Å²) in [5, 5.41) is 3.22. The SMILES string of the molecule is O=C(CN1CCC(F)(c2ccccn2)CC1)Nc1ccc(Cl)cn1. The molecule has 0 unspecified atom stereocenters. The van der Waals surface area contributed by atoms with Crippen molar-refractivity contribution in [2.75, 3.05) is 25.0 Å².